The first-order valence-electron chi connectivity index (χ1n) is 9.50. The molecule has 2 amide bonds. The van der Waals surface area contributed by atoms with Crippen molar-refractivity contribution in [3.63, 3.8) is 0 Å². The summed E-state index contributed by atoms with van der Waals surface area (Å²) in [5.41, 5.74) is 1.29. The zero-order chi connectivity index (χ0) is 19.3. The molecule has 0 saturated carbocycles. The fraction of sp³-hybridized carbons (Fsp3) is 0.217. The van der Waals surface area contributed by atoms with Crippen LogP contribution in [0.2, 0.25) is 0 Å². The van der Waals surface area contributed by atoms with Crippen molar-refractivity contribution in [3.8, 4) is 5.75 Å². The average molecular weight is 374 g/mol. The van der Waals surface area contributed by atoms with Crippen LogP contribution >= 0.6 is 0 Å². The Bertz CT molecular complexity index is 992. The summed E-state index contributed by atoms with van der Waals surface area (Å²) in [6, 6.07) is 20.7. The molecule has 4 rings (SSSR count). The Balaban J connectivity index is 1.32. The molecule has 1 saturated heterocycles. The largest absolute Gasteiger partial charge is 0.484 e. The molecule has 142 valence electrons. The van der Waals surface area contributed by atoms with Gasteiger partial charge in [-0.25, -0.2) is 0 Å². The number of fused-ring (bicyclic) bond motifs is 1. The lowest BCUT2D eigenvalue weighted by Gasteiger charge is -2.15. The topological polar surface area (TPSA) is 58.6 Å². The van der Waals surface area contributed by atoms with Crippen molar-refractivity contribution >= 4 is 28.3 Å². The van der Waals surface area contributed by atoms with Crippen molar-refractivity contribution in [2.24, 2.45) is 0 Å². The summed E-state index contributed by atoms with van der Waals surface area (Å²) in [6.07, 6.45) is 2.13. The summed E-state index contributed by atoms with van der Waals surface area (Å²) < 4.78 is 5.60. The lowest BCUT2D eigenvalue weighted by atomic mass is 10.1. The predicted octanol–water partition coefficient (Wildman–Crippen LogP) is 4.09. The zero-order valence-corrected chi connectivity index (χ0v) is 15.6. The highest BCUT2D eigenvalue weighted by Crippen LogP contribution is 2.20. The number of ether oxygens (including phenoxy) is 1. The predicted molar refractivity (Wildman–Crippen MR) is 110 cm³/mol. The molecule has 1 fully saturated rings. The molecule has 0 spiro atoms. The van der Waals surface area contributed by atoms with Crippen molar-refractivity contribution in [2.75, 3.05) is 25.0 Å². The molecule has 0 aromatic heterocycles. The van der Waals surface area contributed by atoms with Crippen LogP contribution in [0.15, 0.2) is 66.7 Å². The maximum atomic E-state index is 12.4. The van der Waals surface area contributed by atoms with Gasteiger partial charge >= 0.3 is 0 Å². The minimum absolute atomic E-state index is 0.0509. The Morgan fingerprint density at radius 3 is 2.36 bits per heavy atom. The Morgan fingerprint density at radius 1 is 0.893 bits per heavy atom. The van der Waals surface area contributed by atoms with Crippen molar-refractivity contribution in [1.82, 2.24) is 4.90 Å². The van der Waals surface area contributed by atoms with Crippen molar-refractivity contribution in [1.29, 1.82) is 0 Å². The molecule has 28 heavy (non-hydrogen) atoms. The first kappa shape index (κ1) is 18.0. The number of likely N-dealkylation sites (tertiary alicyclic amines) is 1. The van der Waals surface area contributed by atoms with Gasteiger partial charge in [0.25, 0.3) is 11.8 Å². The van der Waals surface area contributed by atoms with Crippen molar-refractivity contribution < 1.29 is 14.3 Å². The fourth-order valence-electron chi connectivity index (χ4n) is 3.40. The summed E-state index contributed by atoms with van der Waals surface area (Å²) in [5, 5.41) is 4.99. The van der Waals surface area contributed by atoms with Crippen LogP contribution in [0, 0.1) is 0 Å². The SMILES string of the molecule is O=C(COc1ccc2ccccc2c1)Nc1ccc(C(=O)N2CCCC2)cc1. The highest BCUT2D eigenvalue weighted by molar-refractivity contribution is 5.96. The van der Waals surface area contributed by atoms with Gasteiger partial charge < -0.3 is 15.0 Å². The highest BCUT2D eigenvalue weighted by atomic mass is 16.5. The molecule has 1 aliphatic heterocycles. The summed E-state index contributed by atoms with van der Waals surface area (Å²) in [5.74, 6) is 0.460. The van der Waals surface area contributed by atoms with Crippen molar-refractivity contribution in [3.05, 3.63) is 72.3 Å². The molecule has 0 bridgehead atoms. The second kappa shape index (κ2) is 8.13. The number of carbonyl (C=O) groups excluding carboxylic acids is 2. The summed E-state index contributed by atoms with van der Waals surface area (Å²) >= 11 is 0. The fourth-order valence-corrected chi connectivity index (χ4v) is 3.40. The molecular weight excluding hydrogens is 352 g/mol. The summed E-state index contributed by atoms with van der Waals surface area (Å²) in [7, 11) is 0. The molecule has 1 aliphatic rings. The van der Waals surface area contributed by atoms with Crippen LogP contribution in [0.5, 0.6) is 5.75 Å². The first-order chi connectivity index (χ1) is 13.7. The van der Waals surface area contributed by atoms with Crippen LogP contribution in [-0.4, -0.2) is 36.4 Å². The van der Waals surface area contributed by atoms with Gasteiger partial charge in [-0.1, -0.05) is 30.3 Å². The molecule has 5 heteroatoms. The minimum Gasteiger partial charge on any atom is -0.484 e. The molecule has 1 N–H and O–H groups in total. The Labute approximate surface area is 163 Å². The van der Waals surface area contributed by atoms with Gasteiger partial charge in [0.1, 0.15) is 5.75 Å². The smallest absolute Gasteiger partial charge is 0.262 e. The van der Waals surface area contributed by atoms with E-state index >= 15 is 0 Å². The second-order valence-electron chi connectivity index (χ2n) is 6.92. The second-order valence-corrected chi connectivity index (χ2v) is 6.92. The standard InChI is InChI=1S/C23H22N2O3/c26-22(16-28-21-12-9-17-5-1-2-6-19(17)15-21)24-20-10-7-18(8-11-20)23(27)25-13-3-4-14-25/h1-2,5-12,15H,3-4,13-14,16H2,(H,24,26). The summed E-state index contributed by atoms with van der Waals surface area (Å²) in [4.78, 5) is 26.4. The number of anilines is 1. The quantitative estimate of drug-likeness (QED) is 0.732. The normalized spacial score (nSPS) is 13.5. The Morgan fingerprint density at radius 2 is 1.61 bits per heavy atom. The number of nitrogens with zero attached hydrogens (tertiary/aromatic N) is 1. The van der Waals surface area contributed by atoms with E-state index < -0.39 is 0 Å². The molecular formula is C23H22N2O3. The van der Waals surface area contributed by atoms with Crippen LogP contribution in [-0.2, 0) is 4.79 Å². The average Bonchev–Trinajstić information content (AvgIpc) is 3.27. The maximum absolute atomic E-state index is 12.4. The molecule has 1 heterocycles. The monoisotopic (exact) mass is 374 g/mol. The molecule has 0 aliphatic carbocycles. The molecule has 0 atom stereocenters. The Hall–Kier alpha value is -3.34. The van der Waals surface area contributed by atoms with E-state index in [4.69, 9.17) is 4.74 Å². The number of carbonyl (C=O) groups is 2. The number of benzene rings is 3. The molecule has 3 aromatic carbocycles. The highest BCUT2D eigenvalue weighted by Gasteiger charge is 2.19. The lowest BCUT2D eigenvalue weighted by Crippen LogP contribution is -2.27. The number of amides is 2. The molecule has 0 unspecified atom stereocenters. The number of hydrogen-bond donors (Lipinski definition) is 1. The van der Waals surface area contributed by atoms with E-state index in [0.29, 0.717) is 17.0 Å². The van der Waals surface area contributed by atoms with Gasteiger partial charge in [-0.3, -0.25) is 9.59 Å². The first-order valence-corrected chi connectivity index (χ1v) is 9.50. The molecule has 3 aromatic rings. The van der Waals surface area contributed by atoms with Crippen LogP contribution < -0.4 is 10.1 Å². The van der Waals surface area contributed by atoms with E-state index in [1.807, 2.05) is 47.4 Å². The van der Waals surface area contributed by atoms with Crippen molar-refractivity contribution in [2.45, 2.75) is 12.8 Å². The third-order valence-corrected chi connectivity index (χ3v) is 4.90. The maximum Gasteiger partial charge on any atom is 0.262 e. The number of hydrogen-bond acceptors (Lipinski definition) is 3. The van der Waals surface area contributed by atoms with Gasteiger partial charge in [-0.2, -0.15) is 0 Å². The van der Waals surface area contributed by atoms with Crippen LogP contribution in [0.1, 0.15) is 23.2 Å². The van der Waals surface area contributed by atoms with Gasteiger partial charge in [0.15, 0.2) is 6.61 Å². The van der Waals surface area contributed by atoms with Crippen LogP contribution in [0.25, 0.3) is 10.8 Å². The van der Waals surface area contributed by atoms with Crippen LogP contribution in [0.3, 0.4) is 0 Å². The van der Waals surface area contributed by atoms with Crippen LogP contribution in [0.4, 0.5) is 5.69 Å². The molecule has 5 nitrogen and oxygen atoms in total. The zero-order valence-electron chi connectivity index (χ0n) is 15.6. The van der Waals surface area contributed by atoms with Gasteiger partial charge in [-0.05, 0) is 60.0 Å². The third kappa shape index (κ3) is 4.14. The van der Waals surface area contributed by atoms with E-state index in [1.165, 1.54) is 0 Å². The summed E-state index contributed by atoms with van der Waals surface area (Å²) in [6.45, 7) is 1.57. The van der Waals surface area contributed by atoms with E-state index in [0.717, 1.165) is 36.7 Å². The van der Waals surface area contributed by atoms with Gasteiger partial charge in [0.2, 0.25) is 0 Å². The number of nitrogens with one attached hydrogen (secondary N) is 1. The van der Waals surface area contributed by atoms with Gasteiger partial charge in [-0.15, -0.1) is 0 Å². The van der Waals surface area contributed by atoms with E-state index in [9.17, 15) is 9.59 Å². The van der Waals surface area contributed by atoms with E-state index in [-0.39, 0.29) is 18.4 Å². The van der Waals surface area contributed by atoms with E-state index in [2.05, 4.69) is 5.32 Å². The lowest BCUT2D eigenvalue weighted by molar-refractivity contribution is -0.118. The Kier molecular flexibility index (Phi) is 5.24. The van der Waals surface area contributed by atoms with Gasteiger partial charge in [0, 0.05) is 24.3 Å². The van der Waals surface area contributed by atoms with E-state index in [1.54, 1.807) is 24.3 Å². The minimum atomic E-state index is -0.244. The van der Waals surface area contributed by atoms with Gasteiger partial charge in [0.05, 0.1) is 0 Å². The number of rotatable bonds is 5. The third-order valence-electron chi connectivity index (χ3n) is 4.90. The molecule has 0 radical (unpaired) electrons.